The van der Waals surface area contributed by atoms with Gasteiger partial charge < -0.3 is 4.90 Å². The van der Waals surface area contributed by atoms with E-state index >= 15 is 0 Å². The van der Waals surface area contributed by atoms with Crippen molar-refractivity contribution in [3.05, 3.63) is 34.9 Å². The van der Waals surface area contributed by atoms with Crippen LogP contribution in [0.3, 0.4) is 0 Å². The second-order valence-corrected chi connectivity index (χ2v) is 3.48. The van der Waals surface area contributed by atoms with Crippen molar-refractivity contribution in [3.8, 4) is 0 Å². The predicted molar refractivity (Wildman–Crippen MR) is 51.6 cm³/mol. The van der Waals surface area contributed by atoms with Crippen LogP contribution in [-0.2, 0) is 6.54 Å². The molecule has 0 spiro atoms. The SMILES string of the molecule is CCN1Cc2cc(C)ccc2C1=O. The molecule has 2 heteroatoms. The molecule has 1 aromatic carbocycles. The third kappa shape index (κ3) is 1.22. The summed E-state index contributed by atoms with van der Waals surface area (Å²) >= 11 is 0. The Kier molecular flexibility index (Phi) is 1.83. The Morgan fingerprint density at radius 1 is 1.46 bits per heavy atom. The van der Waals surface area contributed by atoms with Crippen molar-refractivity contribution in [2.24, 2.45) is 0 Å². The highest BCUT2D eigenvalue weighted by Crippen LogP contribution is 2.22. The minimum atomic E-state index is 0.178. The summed E-state index contributed by atoms with van der Waals surface area (Å²) in [5, 5.41) is 0. The van der Waals surface area contributed by atoms with E-state index in [4.69, 9.17) is 0 Å². The maximum absolute atomic E-state index is 11.7. The molecule has 2 rings (SSSR count). The van der Waals surface area contributed by atoms with Gasteiger partial charge in [0.05, 0.1) is 0 Å². The van der Waals surface area contributed by atoms with E-state index in [1.54, 1.807) is 0 Å². The summed E-state index contributed by atoms with van der Waals surface area (Å²) in [7, 11) is 0. The molecule has 0 fully saturated rings. The van der Waals surface area contributed by atoms with Crippen LogP contribution in [0.2, 0.25) is 0 Å². The van der Waals surface area contributed by atoms with E-state index in [1.807, 2.05) is 24.0 Å². The van der Waals surface area contributed by atoms with Crippen LogP contribution in [0.15, 0.2) is 18.2 Å². The summed E-state index contributed by atoms with van der Waals surface area (Å²) in [6.45, 7) is 5.65. The number of hydrogen-bond acceptors (Lipinski definition) is 1. The molecule has 0 bridgehead atoms. The Hall–Kier alpha value is -1.31. The zero-order valence-corrected chi connectivity index (χ0v) is 8.00. The van der Waals surface area contributed by atoms with E-state index < -0.39 is 0 Å². The number of hydrogen-bond donors (Lipinski definition) is 0. The number of carbonyl (C=O) groups is 1. The zero-order chi connectivity index (χ0) is 9.42. The van der Waals surface area contributed by atoms with Gasteiger partial charge in [0.15, 0.2) is 0 Å². The third-order valence-corrected chi connectivity index (χ3v) is 2.52. The molecule has 1 heterocycles. The second-order valence-electron chi connectivity index (χ2n) is 3.48. The van der Waals surface area contributed by atoms with Crippen molar-refractivity contribution in [3.63, 3.8) is 0 Å². The molecular weight excluding hydrogens is 162 g/mol. The molecule has 1 aliphatic rings. The average molecular weight is 175 g/mol. The maximum Gasteiger partial charge on any atom is 0.254 e. The molecule has 1 aliphatic heterocycles. The lowest BCUT2D eigenvalue weighted by atomic mass is 10.1. The molecule has 1 amide bonds. The van der Waals surface area contributed by atoms with E-state index in [2.05, 4.69) is 13.0 Å². The molecule has 0 N–H and O–H groups in total. The van der Waals surface area contributed by atoms with Crippen LogP contribution in [0.25, 0.3) is 0 Å². The highest BCUT2D eigenvalue weighted by Gasteiger charge is 2.25. The first-order chi connectivity index (χ1) is 6.22. The van der Waals surface area contributed by atoms with Crippen molar-refractivity contribution in [1.82, 2.24) is 4.90 Å². The Balaban J connectivity index is 2.44. The Labute approximate surface area is 78.2 Å². The van der Waals surface area contributed by atoms with Crippen LogP contribution in [0.4, 0.5) is 0 Å². The van der Waals surface area contributed by atoms with Crippen molar-refractivity contribution in [1.29, 1.82) is 0 Å². The highest BCUT2D eigenvalue weighted by molar-refractivity contribution is 5.98. The molecular formula is C11H13NO. The van der Waals surface area contributed by atoms with E-state index in [-0.39, 0.29) is 5.91 Å². The molecule has 0 radical (unpaired) electrons. The van der Waals surface area contributed by atoms with Crippen LogP contribution in [0, 0.1) is 6.92 Å². The molecule has 0 saturated carbocycles. The van der Waals surface area contributed by atoms with Crippen LogP contribution in [0.5, 0.6) is 0 Å². The number of amides is 1. The van der Waals surface area contributed by atoms with Crippen molar-refractivity contribution in [2.45, 2.75) is 20.4 Å². The summed E-state index contributed by atoms with van der Waals surface area (Å²) in [4.78, 5) is 13.5. The monoisotopic (exact) mass is 175 g/mol. The van der Waals surface area contributed by atoms with Gasteiger partial charge in [0.25, 0.3) is 5.91 Å². The van der Waals surface area contributed by atoms with E-state index in [0.717, 1.165) is 18.7 Å². The smallest absolute Gasteiger partial charge is 0.254 e. The lowest BCUT2D eigenvalue weighted by Crippen LogP contribution is -2.22. The Morgan fingerprint density at radius 2 is 2.23 bits per heavy atom. The quantitative estimate of drug-likeness (QED) is 0.639. The van der Waals surface area contributed by atoms with Crippen molar-refractivity contribution >= 4 is 5.91 Å². The van der Waals surface area contributed by atoms with Crippen LogP contribution in [0.1, 0.15) is 28.4 Å². The van der Waals surface area contributed by atoms with Gasteiger partial charge >= 0.3 is 0 Å². The molecule has 0 atom stereocenters. The molecule has 1 aromatic rings. The fourth-order valence-corrected chi connectivity index (χ4v) is 1.77. The normalized spacial score (nSPS) is 14.9. The molecule has 0 unspecified atom stereocenters. The van der Waals surface area contributed by atoms with Crippen LogP contribution < -0.4 is 0 Å². The summed E-state index contributed by atoms with van der Waals surface area (Å²) < 4.78 is 0. The zero-order valence-electron chi connectivity index (χ0n) is 8.00. The largest absolute Gasteiger partial charge is 0.335 e. The second kappa shape index (κ2) is 2.87. The molecule has 0 aromatic heterocycles. The Morgan fingerprint density at radius 3 is 2.92 bits per heavy atom. The standard InChI is InChI=1S/C11H13NO/c1-3-12-7-9-6-8(2)4-5-10(9)11(12)13/h4-6H,3,7H2,1-2H3. The van der Waals surface area contributed by atoms with Gasteiger partial charge in [0, 0.05) is 18.7 Å². The van der Waals surface area contributed by atoms with Crippen molar-refractivity contribution < 1.29 is 4.79 Å². The first kappa shape index (κ1) is 8.30. The van der Waals surface area contributed by atoms with Gasteiger partial charge in [-0.05, 0) is 25.5 Å². The van der Waals surface area contributed by atoms with E-state index in [0.29, 0.717) is 0 Å². The lowest BCUT2D eigenvalue weighted by molar-refractivity contribution is 0.0787. The van der Waals surface area contributed by atoms with Crippen molar-refractivity contribution in [2.75, 3.05) is 6.54 Å². The lowest BCUT2D eigenvalue weighted by Gasteiger charge is -2.10. The number of nitrogens with zero attached hydrogens (tertiary/aromatic N) is 1. The minimum Gasteiger partial charge on any atom is -0.335 e. The van der Waals surface area contributed by atoms with Gasteiger partial charge in [-0.15, -0.1) is 0 Å². The molecule has 68 valence electrons. The predicted octanol–water partition coefficient (Wildman–Crippen LogP) is 1.97. The van der Waals surface area contributed by atoms with Crippen LogP contribution in [-0.4, -0.2) is 17.4 Å². The first-order valence-electron chi connectivity index (χ1n) is 4.61. The Bertz CT molecular complexity index is 357. The summed E-state index contributed by atoms with van der Waals surface area (Å²) in [6, 6.07) is 6.03. The number of carbonyl (C=O) groups excluding carboxylic acids is 1. The van der Waals surface area contributed by atoms with Gasteiger partial charge in [-0.1, -0.05) is 17.7 Å². The molecule has 13 heavy (non-hydrogen) atoms. The number of benzene rings is 1. The molecule has 0 aliphatic carbocycles. The molecule has 2 nitrogen and oxygen atoms in total. The minimum absolute atomic E-state index is 0.178. The van der Waals surface area contributed by atoms with Gasteiger partial charge in [-0.2, -0.15) is 0 Å². The first-order valence-corrected chi connectivity index (χ1v) is 4.61. The fraction of sp³-hybridized carbons (Fsp3) is 0.364. The summed E-state index contributed by atoms with van der Waals surface area (Å²) in [6.07, 6.45) is 0. The summed E-state index contributed by atoms with van der Waals surface area (Å²) in [5.74, 6) is 0.178. The summed E-state index contributed by atoms with van der Waals surface area (Å²) in [5.41, 5.74) is 3.28. The van der Waals surface area contributed by atoms with E-state index in [1.165, 1.54) is 11.1 Å². The highest BCUT2D eigenvalue weighted by atomic mass is 16.2. The number of fused-ring (bicyclic) bond motifs is 1. The van der Waals surface area contributed by atoms with Gasteiger partial charge in [-0.25, -0.2) is 0 Å². The van der Waals surface area contributed by atoms with Crippen LogP contribution >= 0.6 is 0 Å². The van der Waals surface area contributed by atoms with Gasteiger partial charge in [0.2, 0.25) is 0 Å². The van der Waals surface area contributed by atoms with Gasteiger partial charge in [0.1, 0.15) is 0 Å². The van der Waals surface area contributed by atoms with E-state index in [9.17, 15) is 4.79 Å². The maximum atomic E-state index is 11.7. The topological polar surface area (TPSA) is 20.3 Å². The third-order valence-electron chi connectivity index (χ3n) is 2.52. The van der Waals surface area contributed by atoms with Gasteiger partial charge in [-0.3, -0.25) is 4.79 Å². The molecule has 0 saturated heterocycles. The number of aryl methyl sites for hydroxylation is 1. The average Bonchev–Trinajstić information content (AvgIpc) is 2.42. The number of rotatable bonds is 1. The fourth-order valence-electron chi connectivity index (χ4n) is 1.77.